The number of esters is 1. The summed E-state index contributed by atoms with van der Waals surface area (Å²) in [5.74, 6) is 0.261. The van der Waals surface area contributed by atoms with Crippen LogP contribution in [0.25, 0.3) is 0 Å². The van der Waals surface area contributed by atoms with Crippen LogP contribution in [0, 0.1) is 0 Å². The Morgan fingerprint density at radius 1 is 1.33 bits per heavy atom. The average molecular weight is 449 g/mol. The molecule has 1 aliphatic heterocycles. The molecule has 3 heterocycles. The SMILES string of the molecule is CC(C)(C)OC(=O)CBC(=O)c1c(O)c2c(n(Cc3ccc(Cl)nc3)c1=O)CSC2. The van der Waals surface area contributed by atoms with Gasteiger partial charge in [-0.1, -0.05) is 17.7 Å². The summed E-state index contributed by atoms with van der Waals surface area (Å²) in [5.41, 5.74) is -0.0563. The number of aromatic hydroxyl groups is 1. The standard InChI is InChI=1S/C20H22BClN2O5S/c1-20(2,3)29-15(25)6-21-18(27)16-17(26)12-9-30-10-13(12)24(19(16)28)8-11-4-5-14(22)23-7-11/h4-5,7,21,26H,6,8-10H2,1-3H3. The quantitative estimate of drug-likeness (QED) is 0.412. The van der Waals surface area contributed by atoms with Gasteiger partial charge >= 0.3 is 0 Å². The van der Waals surface area contributed by atoms with Gasteiger partial charge in [0.1, 0.15) is 27.7 Å². The lowest BCUT2D eigenvalue weighted by Gasteiger charge is -2.19. The third-order valence-corrected chi connectivity index (χ3v) is 5.72. The van der Waals surface area contributed by atoms with Gasteiger partial charge in [0.25, 0.3) is 11.5 Å². The Morgan fingerprint density at radius 3 is 2.70 bits per heavy atom. The van der Waals surface area contributed by atoms with Crippen LogP contribution >= 0.6 is 23.4 Å². The minimum Gasteiger partial charge on any atom is -0.507 e. The van der Waals surface area contributed by atoms with Gasteiger partial charge in [-0.25, -0.2) is 4.98 Å². The minimum atomic E-state index is -0.660. The van der Waals surface area contributed by atoms with Crippen LogP contribution in [0.2, 0.25) is 11.5 Å². The molecular weight excluding hydrogens is 427 g/mol. The smallest absolute Gasteiger partial charge is 0.299 e. The molecule has 2 aromatic rings. The van der Waals surface area contributed by atoms with Crippen LogP contribution in [0.1, 0.15) is 48.0 Å². The summed E-state index contributed by atoms with van der Waals surface area (Å²) in [6.45, 7) is 5.42. The predicted octanol–water partition coefficient (Wildman–Crippen LogP) is 2.73. The number of carbonyl (C=O) groups is 2. The molecule has 0 aliphatic carbocycles. The van der Waals surface area contributed by atoms with E-state index >= 15 is 0 Å². The number of rotatable bonds is 6. The van der Waals surface area contributed by atoms with Crippen LogP contribution in [-0.2, 0) is 27.6 Å². The molecular formula is C20H22BClN2O5S. The van der Waals surface area contributed by atoms with Gasteiger partial charge in [0, 0.05) is 35.3 Å². The van der Waals surface area contributed by atoms with Crippen LogP contribution in [-0.4, -0.2) is 39.2 Å². The molecule has 0 atom stereocenters. The molecule has 1 N–H and O–H groups in total. The van der Waals surface area contributed by atoms with Crippen LogP contribution in [0.3, 0.4) is 0 Å². The molecule has 3 rings (SSSR count). The highest BCUT2D eigenvalue weighted by molar-refractivity contribution is 7.98. The van der Waals surface area contributed by atoms with E-state index in [-0.39, 0.29) is 31.5 Å². The van der Waals surface area contributed by atoms with Gasteiger partial charge in [0.15, 0.2) is 0 Å². The maximum atomic E-state index is 13.1. The summed E-state index contributed by atoms with van der Waals surface area (Å²) in [6, 6.07) is 3.39. The number of pyridine rings is 2. The minimum absolute atomic E-state index is 0.165. The average Bonchev–Trinajstić information content (AvgIpc) is 3.14. The summed E-state index contributed by atoms with van der Waals surface area (Å²) in [5, 5.41) is 11.0. The first-order valence-electron chi connectivity index (χ1n) is 9.47. The highest BCUT2D eigenvalue weighted by Crippen LogP contribution is 2.36. The van der Waals surface area contributed by atoms with Crippen molar-refractivity contribution in [2.24, 2.45) is 0 Å². The Balaban J connectivity index is 1.91. The van der Waals surface area contributed by atoms with E-state index in [0.29, 0.717) is 27.9 Å². The van der Waals surface area contributed by atoms with E-state index < -0.39 is 22.8 Å². The van der Waals surface area contributed by atoms with E-state index in [1.54, 1.807) is 50.9 Å². The monoisotopic (exact) mass is 448 g/mol. The van der Waals surface area contributed by atoms with E-state index in [1.165, 1.54) is 4.57 Å². The molecule has 0 saturated heterocycles. The topological polar surface area (TPSA) is 98.5 Å². The fraction of sp³-hybridized carbons (Fsp3) is 0.400. The molecule has 1 aliphatic rings. The van der Waals surface area contributed by atoms with Crippen LogP contribution in [0.4, 0.5) is 0 Å². The van der Waals surface area contributed by atoms with Gasteiger partial charge in [-0.15, -0.1) is 0 Å². The lowest BCUT2D eigenvalue weighted by Crippen LogP contribution is -2.32. The summed E-state index contributed by atoms with van der Waals surface area (Å²) >= 11 is 7.39. The molecule has 0 unspecified atom stereocenters. The van der Waals surface area contributed by atoms with Crippen molar-refractivity contribution >= 4 is 42.3 Å². The number of nitrogens with zero attached hydrogens (tertiary/aromatic N) is 2. The van der Waals surface area contributed by atoms with Crippen LogP contribution < -0.4 is 5.56 Å². The number of halogens is 1. The van der Waals surface area contributed by atoms with Gasteiger partial charge in [0.05, 0.1) is 6.54 Å². The first kappa shape index (κ1) is 22.4. The second-order valence-electron chi connectivity index (χ2n) is 8.03. The first-order chi connectivity index (χ1) is 14.1. The molecule has 30 heavy (non-hydrogen) atoms. The molecule has 10 heteroatoms. The van der Waals surface area contributed by atoms with Gasteiger partial charge in [-0.2, -0.15) is 11.8 Å². The number of fused-ring (bicyclic) bond motifs is 1. The number of thioether (sulfide) groups is 1. The Kier molecular flexibility index (Phi) is 6.62. The van der Waals surface area contributed by atoms with E-state index in [1.807, 2.05) is 0 Å². The fourth-order valence-electron chi connectivity index (χ4n) is 3.21. The highest BCUT2D eigenvalue weighted by atomic mass is 35.5. The van der Waals surface area contributed by atoms with Crippen molar-refractivity contribution in [2.45, 2.75) is 50.7 Å². The molecule has 0 fully saturated rings. The third kappa shape index (κ3) is 5.07. The van der Waals surface area contributed by atoms with Gasteiger partial charge in [-0.3, -0.25) is 9.59 Å². The second kappa shape index (κ2) is 8.85. The Hall–Kier alpha value is -2.26. The highest BCUT2D eigenvalue weighted by Gasteiger charge is 2.29. The van der Waals surface area contributed by atoms with Gasteiger partial charge in [0.2, 0.25) is 7.28 Å². The molecule has 7 nitrogen and oxygen atoms in total. The molecule has 0 aromatic carbocycles. The summed E-state index contributed by atoms with van der Waals surface area (Å²) < 4.78 is 6.71. The van der Waals surface area contributed by atoms with Gasteiger partial charge < -0.3 is 19.2 Å². The number of hydrogen-bond acceptors (Lipinski definition) is 7. The molecule has 0 bridgehead atoms. The Morgan fingerprint density at radius 2 is 2.07 bits per heavy atom. The van der Waals surface area contributed by atoms with Crippen molar-refractivity contribution in [3.8, 4) is 5.75 Å². The van der Waals surface area contributed by atoms with Crippen molar-refractivity contribution in [2.75, 3.05) is 0 Å². The van der Waals surface area contributed by atoms with E-state index in [2.05, 4.69) is 4.98 Å². The zero-order valence-corrected chi connectivity index (χ0v) is 18.6. The van der Waals surface area contributed by atoms with Crippen molar-refractivity contribution < 1.29 is 19.4 Å². The number of aromatic nitrogens is 2. The van der Waals surface area contributed by atoms with Crippen molar-refractivity contribution in [3.63, 3.8) is 0 Å². The molecule has 0 radical (unpaired) electrons. The number of hydrogen-bond donors (Lipinski definition) is 1. The maximum absolute atomic E-state index is 13.1. The van der Waals surface area contributed by atoms with Crippen LogP contribution in [0.5, 0.6) is 5.75 Å². The molecule has 0 saturated carbocycles. The van der Waals surface area contributed by atoms with E-state index in [4.69, 9.17) is 16.3 Å². The zero-order valence-electron chi connectivity index (χ0n) is 17.0. The fourth-order valence-corrected chi connectivity index (χ4v) is 4.45. The Bertz CT molecular complexity index is 1050. The van der Waals surface area contributed by atoms with E-state index in [0.717, 1.165) is 5.56 Å². The predicted molar refractivity (Wildman–Crippen MR) is 118 cm³/mol. The summed E-state index contributed by atoms with van der Waals surface area (Å²) in [7, 11) is -0.216. The normalized spacial score (nSPS) is 13.1. The van der Waals surface area contributed by atoms with Crippen molar-refractivity contribution in [1.82, 2.24) is 9.55 Å². The number of ether oxygens (including phenoxy) is 1. The zero-order chi connectivity index (χ0) is 22.1. The molecule has 158 valence electrons. The summed E-state index contributed by atoms with van der Waals surface area (Å²) in [4.78, 5) is 41.9. The van der Waals surface area contributed by atoms with E-state index in [9.17, 15) is 19.5 Å². The molecule has 2 aromatic heterocycles. The first-order valence-corrected chi connectivity index (χ1v) is 11.0. The molecule has 0 spiro atoms. The largest absolute Gasteiger partial charge is 0.507 e. The number of carbonyl (C=O) groups excluding carboxylic acids is 2. The van der Waals surface area contributed by atoms with Crippen molar-refractivity contribution in [3.05, 3.63) is 56.2 Å². The lowest BCUT2D eigenvalue weighted by molar-refractivity contribution is -0.151. The van der Waals surface area contributed by atoms with Gasteiger partial charge in [-0.05, 0) is 32.4 Å². The lowest BCUT2D eigenvalue weighted by atomic mass is 9.67. The molecule has 0 amide bonds. The third-order valence-electron chi connectivity index (χ3n) is 4.53. The van der Waals surface area contributed by atoms with Crippen LogP contribution in [0.15, 0.2) is 23.1 Å². The second-order valence-corrected chi connectivity index (χ2v) is 9.40. The Labute approximate surface area is 184 Å². The summed E-state index contributed by atoms with van der Waals surface area (Å²) in [6.07, 6.45) is 1.40. The maximum Gasteiger partial charge on any atom is 0.299 e. The van der Waals surface area contributed by atoms with Crippen molar-refractivity contribution in [1.29, 1.82) is 0 Å².